The molecule has 8 heteroatoms. The summed E-state index contributed by atoms with van der Waals surface area (Å²) in [6.45, 7) is 1.50. The molecule has 0 saturated carbocycles. The van der Waals surface area contributed by atoms with Crippen LogP contribution >= 0.6 is 11.8 Å². The van der Waals surface area contributed by atoms with Crippen molar-refractivity contribution >= 4 is 17.4 Å². The maximum atomic E-state index is 5.61. The molecule has 2 aromatic heterocycles. The highest BCUT2D eigenvalue weighted by Gasteiger charge is 2.25. The average Bonchev–Trinajstić information content (AvgIpc) is 3.00. The van der Waals surface area contributed by atoms with Gasteiger partial charge in [-0.1, -0.05) is 5.16 Å². The molecule has 19 heavy (non-hydrogen) atoms. The van der Waals surface area contributed by atoms with E-state index in [4.69, 9.17) is 10.3 Å². The predicted octanol–water partition coefficient (Wildman–Crippen LogP) is 0.616. The van der Waals surface area contributed by atoms with Crippen LogP contribution in [0.2, 0.25) is 0 Å². The highest BCUT2D eigenvalue weighted by molar-refractivity contribution is 7.99. The normalized spacial score (nSPS) is 20.8. The molecule has 102 valence electrons. The van der Waals surface area contributed by atoms with Gasteiger partial charge in [0, 0.05) is 24.2 Å². The molecule has 0 aromatic carbocycles. The molecule has 1 unspecified atom stereocenters. The summed E-state index contributed by atoms with van der Waals surface area (Å²) >= 11 is 1.92. The number of aromatic nitrogens is 4. The fourth-order valence-corrected chi connectivity index (χ4v) is 3.24. The van der Waals surface area contributed by atoms with Crippen molar-refractivity contribution in [2.45, 2.75) is 12.6 Å². The number of nitrogens with zero attached hydrogens (tertiary/aromatic N) is 5. The van der Waals surface area contributed by atoms with Crippen molar-refractivity contribution in [2.75, 3.05) is 30.8 Å². The number of nitrogen functional groups attached to an aromatic ring is 1. The third kappa shape index (κ3) is 2.74. The molecule has 1 saturated heterocycles. The molecule has 1 fully saturated rings. The van der Waals surface area contributed by atoms with E-state index in [2.05, 4.69) is 27.2 Å². The Morgan fingerprint density at radius 2 is 2.47 bits per heavy atom. The van der Waals surface area contributed by atoms with Crippen molar-refractivity contribution in [3.05, 3.63) is 24.1 Å². The van der Waals surface area contributed by atoms with E-state index in [1.807, 2.05) is 11.8 Å². The minimum absolute atomic E-state index is 0.235. The molecule has 3 heterocycles. The Bertz CT molecular complexity index is 553. The number of nitrogens with two attached hydrogens (primary N) is 1. The first kappa shape index (κ1) is 12.5. The fraction of sp³-hybridized carbons (Fsp3) is 0.545. The third-order valence-electron chi connectivity index (χ3n) is 3.13. The Kier molecular flexibility index (Phi) is 3.43. The standard InChI is InChI=1S/C11H16N6OS/c1-16-2-3-19-7-9(16)11-14-10(18-15-11)6-17-5-8(12)4-13-17/h4-5,9H,2-3,6-7,12H2,1H3. The van der Waals surface area contributed by atoms with Crippen molar-refractivity contribution in [1.82, 2.24) is 24.8 Å². The molecule has 0 aliphatic carbocycles. The minimum Gasteiger partial charge on any atom is -0.396 e. The first-order chi connectivity index (χ1) is 9.22. The molecular formula is C11H16N6OS. The lowest BCUT2D eigenvalue weighted by Crippen LogP contribution is -2.33. The van der Waals surface area contributed by atoms with Crippen molar-refractivity contribution in [1.29, 1.82) is 0 Å². The van der Waals surface area contributed by atoms with Gasteiger partial charge in [-0.25, -0.2) is 0 Å². The van der Waals surface area contributed by atoms with Crippen LogP contribution in [0.3, 0.4) is 0 Å². The van der Waals surface area contributed by atoms with Crippen molar-refractivity contribution < 1.29 is 4.52 Å². The van der Waals surface area contributed by atoms with Gasteiger partial charge in [-0.15, -0.1) is 0 Å². The second kappa shape index (κ2) is 5.22. The van der Waals surface area contributed by atoms with Gasteiger partial charge in [0.05, 0.1) is 17.9 Å². The summed E-state index contributed by atoms with van der Waals surface area (Å²) in [4.78, 5) is 6.72. The summed E-state index contributed by atoms with van der Waals surface area (Å²) in [7, 11) is 2.09. The number of thioether (sulfide) groups is 1. The highest BCUT2D eigenvalue weighted by atomic mass is 32.2. The topological polar surface area (TPSA) is 86.0 Å². The Morgan fingerprint density at radius 3 is 3.21 bits per heavy atom. The average molecular weight is 280 g/mol. The summed E-state index contributed by atoms with van der Waals surface area (Å²) in [6, 6.07) is 0.235. The van der Waals surface area contributed by atoms with Crippen LogP contribution in [0.4, 0.5) is 5.69 Å². The highest BCUT2D eigenvalue weighted by Crippen LogP contribution is 2.26. The van der Waals surface area contributed by atoms with E-state index in [-0.39, 0.29) is 6.04 Å². The van der Waals surface area contributed by atoms with Crippen LogP contribution in [-0.2, 0) is 6.54 Å². The van der Waals surface area contributed by atoms with Crippen LogP contribution in [0.1, 0.15) is 17.8 Å². The van der Waals surface area contributed by atoms with Crippen LogP contribution in [0.25, 0.3) is 0 Å². The zero-order valence-corrected chi connectivity index (χ0v) is 11.5. The van der Waals surface area contributed by atoms with Gasteiger partial charge in [0.2, 0.25) is 5.89 Å². The van der Waals surface area contributed by atoms with Gasteiger partial charge >= 0.3 is 0 Å². The largest absolute Gasteiger partial charge is 0.396 e. The summed E-state index contributed by atoms with van der Waals surface area (Å²) < 4.78 is 6.97. The molecule has 2 N–H and O–H groups in total. The molecule has 1 aliphatic heterocycles. The molecule has 0 bridgehead atoms. The second-order valence-electron chi connectivity index (χ2n) is 4.59. The lowest BCUT2D eigenvalue weighted by atomic mass is 10.3. The van der Waals surface area contributed by atoms with Gasteiger partial charge in [-0.2, -0.15) is 21.8 Å². The maximum Gasteiger partial charge on any atom is 0.248 e. The maximum absolute atomic E-state index is 5.61. The zero-order chi connectivity index (χ0) is 13.2. The first-order valence-corrected chi connectivity index (χ1v) is 7.26. The van der Waals surface area contributed by atoms with Gasteiger partial charge in [0.1, 0.15) is 6.54 Å². The first-order valence-electron chi connectivity index (χ1n) is 6.11. The van der Waals surface area contributed by atoms with E-state index >= 15 is 0 Å². The van der Waals surface area contributed by atoms with Crippen molar-refractivity contribution in [3.63, 3.8) is 0 Å². The number of anilines is 1. The second-order valence-corrected chi connectivity index (χ2v) is 5.74. The van der Waals surface area contributed by atoms with Crippen molar-refractivity contribution in [3.8, 4) is 0 Å². The van der Waals surface area contributed by atoms with E-state index in [0.29, 0.717) is 18.1 Å². The third-order valence-corrected chi connectivity index (χ3v) is 4.15. The molecule has 0 radical (unpaired) electrons. The smallest absolute Gasteiger partial charge is 0.248 e. The number of rotatable bonds is 3. The summed E-state index contributed by atoms with van der Waals surface area (Å²) in [5.41, 5.74) is 6.24. The van der Waals surface area contributed by atoms with Crippen LogP contribution in [-0.4, -0.2) is 49.9 Å². The minimum atomic E-state index is 0.235. The Hall–Kier alpha value is -1.54. The molecule has 0 amide bonds. The van der Waals surface area contributed by atoms with Gasteiger partial charge in [-0.3, -0.25) is 9.58 Å². The molecule has 1 aliphatic rings. The quantitative estimate of drug-likeness (QED) is 0.881. The Balaban J connectivity index is 1.72. The van der Waals surface area contributed by atoms with E-state index in [0.717, 1.165) is 23.9 Å². The van der Waals surface area contributed by atoms with E-state index in [1.165, 1.54) is 0 Å². The van der Waals surface area contributed by atoms with Crippen LogP contribution in [0.5, 0.6) is 0 Å². The van der Waals surface area contributed by atoms with Gasteiger partial charge in [0.25, 0.3) is 0 Å². The Labute approximate surface area is 115 Å². The summed E-state index contributed by atoms with van der Waals surface area (Å²) in [5, 5.41) is 8.18. The van der Waals surface area contributed by atoms with Crippen LogP contribution in [0, 0.1) is 0 Å². The van der Waals surface area contributed by atoms with E-state index in [1.54, 1.807) is 17.1 Å². The van der Waals surface area contributed by atoms with Crippen LogP contribution in [0.15, 0.2) is 16.9 Å². The molecule has 1 atom stereocenters. The fourth-order valence-electron chi connectivity index (χ4n) is 2.03. The SMILES string of the molecule is CN1CCSCC1c1noc(Cn2cc(N)cn2)n1. The predicted molar refractivity (Wildman–Crippen MR) is 72.7 cm³/mol. The lowest BCUT2D eigenvalue weighted by Gasteiger charge is -2.29. The number of hydrogen-bond acceptors (Lipinski definition) is 7. The number of hydrogen-bond donors (Lipinski definition) is 1. The zero-order valence-electron chi connectivity index (χ0n) is 10.7. The Morgan fingerprint density at radius 1 is 1.58 bits per heavy atom. The summed E-state index contributed by atoms with van der Waals surface area (Å²) in [5.74, 6) is 3.47. The van der Waals surface area contributed by atoms with Gasteiger partial charge < -0.3 is 10.3 Å². The monoisotopic (exact) mass is 280 g/mol. The van der Waals surface area contributed by atoms with E-state index < -0.39 is 0 Å². The lowest BCUT2D eigenvalue weighted by molar-refractivity contribution is 0.256. The van der Waals surface area contributed by atoms with Crippen LogP contribution < -0.4 is 5.73 Å². The molecule has 3 rings (SSSR count). The van der Waals surface area contributed by atoms with Crippen molar-refractivity contribution in [2.24, 2.45) is 0 Å². The summed E-state index contributed by atoms with van der Waals surface area (Å²) in [6.07, 6.45) is 3.34. The van der Waals surface area contributed by atoms with Gasteiger partial charge in [0.15, 0.2) is 5.82 Å². The molecule has 7 nitrogen and oxygen atoms in total. The van der Waals surface area contributed by atoms with E-state index in [9.17, 15) is 0 Å². The molecule has 0 spiro atoms. The molecule has 2 aromatic rings. The van der Waals surface area contributed by atoms with Gasteiger partial charge in [-0.05, 0) is 7.05 Å². The molecular weight excluding hydrogens is 264 g/mol.